The van der Waals surface area contributed by atoms with E-state index in [1.165, 1.54) is 43.9 Å². The Hall–Kier alpha value is -4.15. The maximum Gasteiger partial charge on any atom is 0.340 e. The van der Waals surface area contributed by atoms with Gasteiger partial charge in [0, 0.05) is 21.1 Å². The molecule has 0 fully saturated rings. The van der Waals surface area contributed by atoms with Crippen molar-refractivity contribution < 1.29 is 27.2 Å². The van der Waals surface area contributed by atoms with Gasteiger partial charge in [0.05, 0.1) is 6.61 Å². The number of aliphatic hydroxyl groups excluding tert-OH is 1. The molecule has 290 valence electrons. The van der Waals surface area contributed by atoms with Crippen molar-refractivity contribution in [3.8, 4) is 28.4 Å². The van der Waals surface area contributed by atoms with Gasteiger partial charge in [-0.1, -0.05) is 125 Å². The van der Waals surface area contributed by atoms with E-state index >= 15 is 0 Å². The summed E-state index contributed by atoms with van der Waals surface area (Å²) in [5.74, 6) is 3.47. The van der Waals surface area contributed by atoms with Crippen LogP contribution in [0.5, 0.6) is 17.2 Å². The Kier molecular flexibility index (Phi) is 16.7. The third kappa shape index (κ3) is 12.4. The van der Waals surface area contributed by atoms with Gasteiger partial charge in [-0.3, -0.25) is 0 Å². The molecule has 0 heterocycles. The Bertz CT molecular complexity index is 2050. The molecule has 0 aromatic heterocycles. The van der Waals surface area contributed by atoms with Crippen LogP contribution in [0, 0.1) is 0 Å². The van der Waals surface area contributed by atoms with Gasteiger partial charge in [0.15, 0.2) is 0 Å². The lowest BCUT2D eigenvalue weighted by Gasteiger charge is -2.21. The van der Waals surface area contributed by atoms with Crippen molar-refractivity contribution in [2.24, 2.45) is 0 Å². The third-order valence-electron chi connectivity index (χ3n) is 8.93. The Labute approximate surface area is 336 Å². The first-order chi connectivity index (χ1) is 26.8. The largest absolute Gasteiger partial charge is 0.494 e. The fraction of sp³-hybridized carbons (Fsp3) is 0.304. The van der Waals surface area contributed by atoms with E-state index in [4.69, 9.17) is 13.7 Å². The van der Waals surface area contributed by atoms with Crippen molar-refractivity contribution in [1.29, 1.82) is 0 Å². The maximum atomic E-state index is 14.1. The molecule has 0 saturated heterocycles. The van der Waals surface area contributed by atoms with Crippen LogP contribution in [0.15, 0.2) is 143 Å². The fourth-order valence-corrected chi connectivity index (χ4v) is 9.27. The van der Waals surface area contributed by atoms with Gasteiger partial charge in [-0.2, -0.15) is 20.2 Å². The number of hydrogen-bond acceptors (Lipinski definition) is 8. The van der Waals surface area contributed by atoms with Gasteiger partial charge in [-0.25, -0.2) is 0 Å². The van der Waals surface area contributed by atoms with Crippen molar-refractivity contribution in [1.82, 2.24) is 0 Å². The number of aliphatic hydroxyl groups is 1. The van der Waals surface area contributed by atoms with Gasteiger partial charge in [0.1, 0.15) is 34.9 Å². The first-order valence-electron chi connectivity index (χ1n) is 19.1. The van der Waals surface area contributed by atoms with E-state index in [2.05, 4.69) is 26.5 Å². The molecule has 0 aliphatic rings. The fourth-order valence-electron chi connectivity index (χ4n) is 6.01. The molecular formula is C46H52O6S3. The van der Waals surface area contributed by atoms with E-state index in [0.29, 0.717) is 46.1 Å². The van der Waals surface area contributed by atoms with Gasteiger partial charge in [-0.15, -0.1) is 0 Å². The number of hydrogen-bond donors (Lipinski definition) is 1. The predicted molar refractivity (Wildman–Crippen MR) is 228 cm³/mol. The average molecular weight is 797 g/mol. The number of ether oxygens (including phenoxy) is 2. The number of unbranched alkanes of at least 4 members (excludes halogenated alkanes) is 5. The van der Waals surface area contributed by atoms with E-state index in [0.717, 1.165) is 40.6 Å². The number of thioether (sulfide) groups is 1. The molecular weight excluding hydrogens is 745 g/mol. The van der Waals surface area contributed by atoms with E-state index in [1.54, 1.807) is 48.5 Å². The Morgan fingerprint density at radius 3 is 2.25 bits per heavy atom. The lowest BCUT2D eigenvalue weighted by Crippen LogP contribution is -2.11. The van der Waals surface area contributed by atoms with Crippen LogP contribution in [0.1, 0.15) is 81.6 Å². The molecule has 0 aliphatic heterocycles. The highest BCUT2D eigenvalue weighted by molar-refractivity contribution is 8.00. The molecule has 0 amide bonds. The molecule has 0 spiro atoms. The van der Waals surface area contributed by atoms with E-state index in [1.807, 2.05) is 78.5 Å². The second-order valence-electron chi connectivity index (χ2n) is 13.2. The Morgan fingerprint density at radius 1 is 0.745 bits per heavy atom. The Morgan fingerprint density at radius 2 is 1.49 bits per heavy atom. The van der Waals surface area contributed by atoms with E-state index in [9.17, 15) is 13.5 Å². The molecule has 5 aromatic carbocycles. The molecule has 0 bridgehead atoms. The first-order valence-corrected chi connectivity index (χ1v) is 22.5. The minimum absolute atomic E-state index is 0.0233. The van der Waals surface area contributed by atoms with Gasteiger partial charge >= 0.3 is 10.1 Å². The zero-order valence-corrected chi connectivity index (χ0v) is 34.3. The highest BCUT2D eigenvalue weighted by Crippen LogP contribution is 2.41. The summed E-state index contributed by atoms with van der Waals surface area (Å²) >= 11 is 3.23. The summed E-state index contributed by atoms with van der Waals surface area (Å²) in [6.45, 7) is 9.09. The first kappa shape index (κ1) is 42.0. The highest BCUT2D eigenvalue weighted by atomic mass is 32.2. The summed E-state index contributed by atoms with van der Waals surface area (Å²) in [7, 11) is -4.28. The minimum atomic E-state index is -4.28. The minimum Gasteiger partial charge on any atom is -0.494 e. The molecule has 1 unspecified atom stereocenters. The quantitative estimate of drug-likeness (QED) is 0.0398. The smallest absolute Gasteiger partial charge is 0.340 e. The molecule has 0 aliphatic carbocycles. The second-order valence-corrected chi connectivity index (χ2v) is 17.0. The lowest BCUT2D eigenvalue weighted by molar-refractivity contribution is 0.213. The number of para-hydroxylation sites is 1. The third-order valence-corrected chi connectivity index (χ3v) is 12.5. The van der Waals surface area contributed by atoms with Crippen LogP contribution in [-0.2, 0) is 15.9 Å². The molecule has 0 saturated carbocycles. The molecule has 1 N–H and O–H groups in total. The van der Waals surface area contributed by atoms with Crippen molar-refractivity contribution >= 4 is 33.6 Å². The summed E-state index contributed by atoms with van der Waals surface area (Å²) in [6, 6.07) is 35.0. The van der Waals surface area contributed by atoms with Gasteiger partial charge in [-0.05, 0) is 102 Å². The van der Waals surface area contributed by atoms with Gasteiger partial charge in [0.25, 0.3) is 0 Å². The lowest BCUT2D eigenvalue weighted by atomic mass is 9.92. The SMILES string of the molecule is C=CCOc1ccc(CSCCCCCCC)cc1C(O)c1ccccc1-c1ccc(Sc2ccc(OCCCC)cc2)c(S(=O)(=O)Oc2ccccc2)c1. The van der Waals surface area contributed by atoms with Crippen molar-refractivity contribution in [2.45, 2.75) is 85.3 Å². The molecule has 9 heteroatoms. The number of benzene rings is 5. The summed E-state index contributed by atoms with van der Waals surface area (Å²) in [5.41, 5.74) is 3.68. The number of rotatable bonds is 23. The molecule has 0 radical (unpaired) electrons. The Balaban J connectivity index is 1.48. The van der Waals surface area contributed by atoms with Crippen LogP contribution in [0.4, 0.5) is 0 Å². The van der Waals surface area contributed by atoms with Crippen LogP contribution in [0.25, 0.3) is 11.1 Å². The second kappa shape index (κ2) is 21.8. The molecule has 5 aromatic rings. The van der Waals surface area contributed by atoms with Crippen molar-refractivity contribution in [3.63, 3.8) is 0 Å². The molecule has 1 atom stereocenters. The van der Waals surface area contributed by atoms with Crippen LogP contribution < -0.4 is 13.7 Å². The van der Waals surface area contributed by atoms with Crippen LogP contribution >= 0.6 is 23.5 Å². The normalized spacial score (nSPS) is 11.9. The highest BCUT2D eigenvalue weighted by Gasteiger charge is 2.25. The zero-order chi connectivity index (χ0) is 38.9. The van der Waals surface area contributed by atoms with Crippen molar-refractivity contribution in [2.75, 3.05) is 19.0 Å². The van der Waals surface area contributed by atoms with E-state index in [-0.39, 0.29) is 10.6 Å². The van der Waals surface area contributed by atoms with Crippen molar-refractivity contribution in [3.05, 3.63) is 145 Å². The maximum absolute atomic E-state index is 14.1. The summed E-state index contributed by atoms with van der Waals surface area (Å²) in [4.78, 5) is 1.38. The average Bonchev–Trinajstić information content (AvgIpc) is 3.20. The van der Waals surface area contributed by atoms with Crippen LogP contribution in [0.3, 0.4) is 0 Å². The monoisotopic (exact) mass is 796 g/mol. The van der Waals surface area contributed by atoms with Crippen LogP contribution in [0.2, 0.25) is 0 Å². The standard InChI is InChI=1S/C46H52O6S3/c1-4-7-9-10-16-31-53-34-35-21-27-43(51-29-6-3)42(32-35)46(47)41-20-15-14-19-40(41)36-22-28-44(54-39-25-23-37(24-26-39)50-30-8-5-2)45(33-36)55(48,49)52-38-17-12-11-13-18-38/h6,11-15,17-28,32-33,46-47H,3-5,7-10,16,29-31,34H2,1-2H3. The van der Waals surface area contributed by atoms with Gasteiger partial charge in [0.2, 0.25) is 0 Å². The molecule has 5 rings (SSSR count). The summed E-state index contributed by atoms with van der Waals surface area (Å²) in [5, 5.41) is 12.1. The van der Waals surface area contributed by atoms with Gasteiger partial charge < -0.3 is 18.8 Å². The predicted octanol–water partition coefficient (Wildman–Crippen LogP) is 12.3. The topological polar surface area (TPSA) is 82.1 Å². The van der Waals surface area contributed by atoms with Crippen LogP contribution in [-0.4, -0.2) is 32.5 Å². The zero-order valence-electron chi connectivity index (χ0n) is 31.8. The molecule has 6 nitrogen and oxygen atoms in total. The summed E-state index contributed by atoms with van der Waals surface area (Å²) < 4.78 is 45.7. The molecule has 55 heavy (non-hydrogen) atoms. The van der Waals surface area contributed by atoms with E-state index < -0.39 is 16.2 Å². The summed E-state index contributed by atoms with van der Waals surface area (Å²) in [6.07, 6.45) is 8.89.